The van der Waals surface area contributed by atoms with Gasteiger partial charge in [0.2, 0.25) is 0 Å². The van der Waals surface area contributed by atoms with Crippen molar-refractivity contribution < 1.29 is 0 Å². The quantitative estimate of drug-likeness (QED) is 0.782. The Morgan fingerprint density at radius 3 is 2.94 bits per heavy atom. The van der Waals surface area contributed by atoms with E-state index in [1.165, 1.54) is 0 Å². The van der Waals surface area contributed by atoms with Crippen LogP contribution < -0.4 is 4.90 Å². The van der Waals surface area contributed by atoms with E-state index in [0.717, 1.165) is 36.5 Å². The molecule has 0 bridgehead atoms. The summed E-state index contributed by atoms with van der Waals surface area (Å²) >= 11 is 6.17. The van der Waals surface area contributed by atoms with Gasteiger partial charge in [-0.15, -0.1) is 11.6 Å². The van der Waals surface area contributed by atoms with Gasteiger partial charge in [0, 0.05) is 25.5 Å². The van der Waals surface area contributed by atoms with Crippen LogP contribution in [0.25, 0.3) is 5.52 Å². The van der Waals surface area contributed by atoms with E-state index in [0.29, 0.717) is 5.92 Å². The molecule has 3 heterocycles. The van der Waals surface area contributed by atoms with Crippen LogP contribution in [0.3, 0.4) is 0 Å². The lowest BCUT2D eigenvalue weighted by atomic mass is 10.1. The molecule has 4 nitrogen and oxygen atoms in total. The van der Waals surface area contributed by atoms with Crippen molar-refractivity contribution in [2.75, 3.05) is 18.0 Å². The highest BCUT2D eigenvalue weighted by atomic mass is 35.5. The smallest absolute Gasteiger partial charge is 0.154 e. The Bertz CT molecular complexity index is 563. The lowest BCUT2D eigenvalue weighted by Crippen LogP contribution is -2.21. The van der Waals surface area contributed by atoms with E-state index in [-0.39, 0.29) is 5.38 Å². The molecule has 0 amide bonds. The largest absolute Gasteiger partial charge is 0.353 e. The molecule has 5 heteroatoms. The van der Waals surface area contributed by atoms with Gasteiger partial charge in [-0.2, -0.15) is 5.10 Å². The number of halogens is 1. The average molecular weight is 265 g/mol. The Morgan fingerprint density at radius 1 is 1.44 bits per heavy atom. The number of fused-ring (bicyclic) bond motifs is 1. The van der Waals surface area contributed by atoms with Crippen LogP contribution in [0.15, 0.2) is 18.5 Å². The van der Waals surface area contributed by atoms with Crippen molar-refractivity contribution in [3.05, 3.63) is 24.2 Å². The van der Waals surface area contributed by atoms with E-state index in [2.05, 4.69) is 34.9 Å². The van der Waals surface area contributed by atoms with E-state index in [4.69, 9.17) is 11.6 Å². The molecule has 0 spiro atoms. The molecule has 2 aromatic rings. The van der Waals surface area contributed by atoms with Gasteiger partial charge in [0.25, 0.3) is 0 Å². The summed E-state index contributed by atoms with van der Waals surface area (Å²) in [5, 5.41) is 4.82. The fourth-order valence-corrected chi connectivity index (χ4v) is 2.63. The van der Waals surface area contributed by atoms with E-state index >= 15 is 0 Å². The van der Waals surface area contributed by atoms with Crippen LogP contribution >= 0.6 is 11.6 Å². The molecule has 1 unspecified atom stereocenters. The minimum absolute atomic E-state index is 0.236. The number of anilines is 1. The van der Waals surface area contributed by atoms with Gasteiger partial charge in [-0.1, -0.05) is 13.8 Å². The van der Waals surface area contributed by atoms with Gasteiger partial charge in [-0.05, 0) is 18.4 Å². The molecule has 2 aromatic heterocycles. The Balaban J connectivity index is 2.06. The molecule has 0 saturated carbocycles. The second-order valence-corrected chi connectivity index (χ2v) is 5.75. The number of nitrogens with zero attached hydrogens (tertiary/aromatic N) is 4. The molecule has 1 fully saturated rings. The minimum atomic E-state index is 0.236. The summed E-state index contributed by atoms with van der Waals surface area (Å²) in [5.74, 6) is 1.43. The lowest BCUT2D eigenvalue weighted by molar-refractivity contribution is 0.785. The number of hydrogen-bond acceptors (Lipinski definition) is 3. The van der Waals surface area contributed by atoms with Crippen LogP contribution in [-0.2, 0) is 0 Å². The van der Waals surface area contributed by atoms with Crippen molar-refractivity contribution in [1.82, 2.24) is 14.6 Å². The summed E-state index contributed by atoms with van der Waals surface area (Å²) in [7, 11) is 0. The van der Waals surface area contributed by atoms with Gasteiger partial charge in [0.15, 0.2) is 5.82 Å². The minimum Gasteiger partial charge on any atom is -0.353 e. The highest BCUT2D eigenvalue weighted by Gasteiger charge is 2.23. The van der Waals surface area contributed by atoms with Crippen LogP contribution in [-0.4, -0.2) is 33.1 Å². The highest BCUT2D eigenvalue weighted by Crippen LogP contribution is 2.26. The first-order chi connectivity index (χ1) is 8.65. The first-order valence-corrected chi connectivity index (χ1v) is 6.82. The maximum absolute atomic E-state index is 6.17. The van der Waals surface area contributed by atoms with Gasteiger partial charge < -0.3 is 4.90 Å². The number of aromatic nitrogens is 3. The Kier molecular flexibility index (Phi) is 2.90. The van der Waals surface area contributed by atoms with E-state index in [1.54, 1.807) is 6.20 Å². The predicted molar refractivity (Wildman–Crippen MR) is 73.5 cm³/mol. The van der Waals surface area contributed by atoms with Gasteiger partial charge in [0.05, 0.1) is 11.1 Å². The van der Waals surface area contributed by atoms with E-state index in [1.807, 2.05) is 10.7 Å². The summed E-state index contributed by atoms with van der Waals surface area (Å²) in [6.45, 7) is 6.15. The average Bonchev–Trinajstić information content (AvgIpc) is 2.94. The summed E-state index contributed by atoms with van der Waals surface area (Å²) in [6.07, 6.45) is 4.73. The first kappa shape index (κ1) is 11.8. The fourth-order valence-electron chi connectivity index (χ4n) is 2.36. The zero-order valence-corrected chi connectivity index (χ0v) is 11.4. The zero-order valence-electron chi connectivity index (χ0n) is 10.7. The number of alkyl halides is 1. The Hall–Kier alpha value is -1.29. The second kappa shape index (κ2) is 4.43. The van der Waals surface area contributed by atoms with Gasteiger partial charge in [-0.25, -0.2) is 9.50 Å². The topological polar surface area (TPSA) is 33.4 Å². The monoisotopic (exact) mass is 264 g/mol. The molecule has 1 atom stereocenters. The molecule has 0 aliphatic carbocycles. The molecule has 1 saturated heterocycles. The summed E-state index contributed by atoms with van der Waals surface area (Å²) in [5.41, 5.74) is 2.18. The summed E-state index contributed by atoms with van der Waals surface area (Å²) in [6, 6.07) is 2.13. The van der Waals surface area contributed by atoms with E-state index < -0.39 is 0 Å². The predicted octanol–water partition coefficient (Wildman–Crippen LogP) is 2.67. The lowest BCUT2D eigenvalue weighted by Gasteiger charge is -2.16. The maximum atomic E-state index is 6.17. The molecule has 0 N–H and O–H groups in total. The number of rotatable bonds is 2. The molecule has 3 rings (SSSR count). The second-order valence-electron chi connectivity index (χ2n) is 5.14. The van der Waals surface area contributed by atoms with Gasteiger partial charge in [-0.3, -0.25) is 0 Å². The standard InChI is InChI=1S/C13H17ClN4/c1-9(2)11-7-12-13(15-4-6-18(12)16-11)17-5-3-10(14)8-17/h4,6-7,9-10H,3,5,8H2,1-2H3. The molecule has 0 radical (unpaired) electrons. The van der Waals surface area contributed by atoms with Crippen molar-refractivity contribution >= 4 is 22.9 Å². The van der Waals surface area contributed by atoms with E-state index in [9.17, 15) is 0 Å². The van der Waals surface area contributed by atoms with Gasteiger partial charge in [0.1, 0.15) is 5.52 Å². The van der Waals surface area contributed by atoms with Crippen molar-refractivity contribution in [1.29, 1.82) is 0 Å². The third-order valence-electron chi connectivity index (χ3n) is 3.41. The van der Waals surface area contributed by atoms with Crippen LogP contribution in [0.1, 0.15) is 31.9 Å². The SMILES string of the molecule is CC(C)c1cc2c(N3CCC(Cl)C3)nccn2n1. The zero-order chi connectivity index (χ0) is 12.7. The first-order valence-electron chi connectivity index (χ1n) is 6.38. The third kappa shape index (κ3) is 1.94. The maximum Gasteiger partial charge on any atom is 0.154 e. The third-order valence-corrected chi connectivity index (χ3v) is 3.77. The normalized spacial score (nSPS) is 20.2. The van der Waals surface area contributed by atoms with Crippen molar-refractivity contribution in [3.63, 3.8) is 0 Å². The van der Waals surface area contributed by atoms with Crippen molar-refractivity contribution in [2.45, 2.75) is 31.6 Å². The molecular weight excluding hydrogens is 248 g/mol. The molecule has 18 heavy (non-hydrogen) atoms. The van der Waals surface area contributed by atoms with Crippen LogP contribution in [0.4, 0.5) is 5.82 Å². The highest BCUT2D eigenvalue weighted by molar-refractivity contribution is 6.21. The summed E-state index contributed by atoms with van der Waals surface area (Å²) < 4.78 is 1.92. The number of hydrogen-bond donors (Lipinski definition) is 0. The fraction of sp³-hybridized carbons (Fsp3) is 0.538. The van der Waals surface area contributed by atoms with Crippen molar-refractivity contribution in [3.8, 4) is 0 Å². The molecular formula is C13H17ClN4. The molecule has 1 aliphatic rings. The van der Waals surface area contributed by atoms with Crippen LogP contribution in [0.2, 0.25) is 0 Å². The van der Waals surface area contributed by atoms with Gasteiger partial charge >= 0.3 is 0 Å². The Morgan fingerprint density at radius 2 is 2.28 bits per heavy atom. The molecule has 96 valence electrons. The van der Waals surface area contributed by atoms with Crippen LogP contribution in [0, 0.1) is 0 Å². The molecule has 1 aliphatic heterocycles. The summed E-state index contributed by atoms with van der Waals surface area (Å²) in [4.78, 5) is 6.75. The molecule has 0 aromatic carbocycles. The Labute approximate surface area is 112 Å². The van der Waals surface area contributed by atoms with Crippen molar-refractivity contribution in [2.24, 2.45) is 0 Å². The van der Waals surface area contributed by atoms with Crippen LogP contribution in [0.5, 0.6) is 0 Å².